The molecule has 3 aromatic rings. The Balaban J connectivity index is 1.32. The molecule has 0 spiro atoms. The number of para-hydroxylation sites is 2. The number of fused-ring (bicyclic) bond motifs is 1. The third kappa shape index (κ3) is 5.60. The molecule has 3 unspecified atom stereocenters. The molecule has 5 rings (SSSR count). The van der Waals surface area contributed by atoms with Gasteiger partial charge in [0.05, 0.1) is 0 Å². The lowest BCUT2D eigenvalue weighted by Gasteiger charge is -2.41. The van der Waals surface area contributed by atoms with Gasteiger partial charge in [-0.1, -0.05) is 55.5 Å². The summed E-state index contributed by atoms with van der Waals surface area (Å²) in [5.41, 5.74) is 4.59. The lowest BCUT2D eigenvalue weighted by Crippen LogP contribution is -2.45. The van der Waals surface area contributed by atoms with Gasteiger partial charge in [-0.3, -0.25) is 14.4 Å². The highest BCUT2D eigenvalue weighted by atomic mass is 16.2. The maximum Gasteiger partial charge on any atom is 0.258 e. The van der Waals surface area contributed by atoms with Gasteiger partial charge in [0.25, 0.3) is 5.91 Å². The Morgan fingerprint density at radius 2 is 1.51 bits per heavy atom. The number of benzene rings is 3. The summed E-state index contributed by atoms with van der Waals surface area (Å²) in [6.45, 7) is 7.24. The van der Waals surface area contributed by atoms with Crippen LogP contribution in [0.4, 0.5) is 11.4 Å². The summed E-state index contributed by atoms with van der Waals surface area (Å²) in [4.78, 5) is 42.5. The molecule has 0 bridgehead atoms. The van der Waals surface area contributed by atoms with E-state index in [0.29, 0.717) is 17.9 Å². The van der Waals surface area contributed by atoms with Crippen molar-refractivity contribution in [1.82, 2.24) is 4.90 Å². The lowest BCUT2D eigenvalue weighted by atomic mass is 9.77. The first-order chi connectivity index (χ1) is 18.8. The van der Waals surface area contributed by atoms with Crippen LogP contribution in [0.15, 0.2) is 78.9 Å². The summed E-state index contributed by atoms with van der Waals surface area (Å²) in [7, 11) is 0. The van der Waals surface area contributed by atoms with Gasteiger partial charge in [-0.25, -0.2) is 0 Å². The minimum absolute atomic E-state index is 0.00667. The molecule has 1 fully saturated rings. The molecule has 0 aliphatic carbocycles. The molecule has 1 saturated heterocycles. The molecule has 2 aliphatic rings. The lowest BCUT2D eigenvalue weighted by molar-refractivity contribution is -0.129. The van der Waals surface area contributed by atoms with E-state index in [1.165, 1.54) is 5.56 Å². The second kappa shape index (κ2) is 11.4. The molecule has 0 radical (unpaired) electrons. The Labute approximate surface area is 231 Å². The van der Waals surface area contributed by atoms with E-state index in [0.717, 1.165) is 42.9 Å². The number of carbonyl (C=O) groups excluding carboxylic acids is 3. The topological polar surface area (TPSA) is 69.7 Å². The number of hydrogen-bond acceptors (Lipinski definition) is 3. The summed E-state index contributed by atoms with van der Waals surface area (Å²) >= 11 is 0. The van der Waals surface area contributed by atoms with Gasteiger partial charge in [0, 0.05) is 48.9 Å². The van der Waals surface area contributed by atoms with Gasteiger partial charge >= 0.3 is 0 Å². The normalized spacial score (nSPS) is 20.2. The standard InChI is InChI=1S/C33H37N3O3/c1-22-21-30(23(2)32(38)34-28-9-5-4-6-10-28)29-11-7-8-12-31(29)36(22)33(39)27-15-13-25(14-16-27)26-17-19-35(20-18-26)24(3)37/h4-16,22-23,26,30H,17-21H2,1-3H3,(H,34,38). The van der Waals surface area contributed by atoms with E-state index in [1.54, 1.807) is 6.92 Å². The Morgan fingerprint density at radius 3 is 2.18 bits per heavy atom. The molecule has 3 atom stereocenters. The van der Waals surface area contributed by atoms with Crippen LogP contribution >= 0.6 is 0 Å². The second-order valence-corrected chi connectivity index (χ2v) is 11.0. The van der Waals surface area contributed by atoms with Gasteiger partial charge in [-0.2, -0.15) is 0 Å². The Bertz CT molecular complexity index is 1330. The minimum atomic E-state index is -0.250. The number of carbonyl (C=O) groups is 3. The van der Waals surface area contributed by atoms with Crippen molar-refractivity contribution in [1.29, 1.82) is 0 Å². The fourth-order valence-corrected chi connectivity index (χ4v) is 6.17. The van der Waals surface area contributed by atoms with Crippen LogP contribution in [0.1, 0.15) is 73.4 Å². The van der Waals surface area contributed by atoms with Crippen molar-refractivity contribution in [3.63, 3.8) is 0 Å². The van der Waals surface area contributed by atoms with E-state index in [9.17, 15) is 14.4 Å². The second-order valence-electron chi connectivity index (χ2n) is 11.0. The monoisotopic (exact) mass is 523 g/mol. The molecule has 202 valence electrons. The summed E-state index contributed by atoms with van der Waals surface area (Å²) in [6.07, 6.45) is 2.60. The highest BCUT2D eigenvalue weighted by molar-refractivity contribution is 6.07. The third-order valence-corrected chi connectivity index (χ3v) is 8.48. The number of amides is 3. The zero-order chi connectivity index (χ0) is 27.5. The van der Waals surface area contributed by atoms with Gasteiger partial charge < -0.3 is 15.1 Å². The SMILES string of the molecule is CC(=O)N1CCC(c2ccc(C(=O)N3c4ccccc4C(C(C)C(=O)Nc4ccccc4)CC3C)cc2)CC1. The largest absolute Gasteiger partial charge is 0.343 e. The maximum absolute atomic E-state index is 13.8. The molecule has 6 heteroatoms. The minimum Gasteiger partial charge on any atom is -0.343 e. The van der Waals surface area contributed by atoms with Crippen LogP contribution in [-0.2, 0) is 9.59 Å². The highest BCUT2D eigenvalue weighted by Crippen LogP contribution is 2.43. The van der Waals surface area contributed by atoms with E-state index >= 15 is 0 Å². The first-order valence-corrected chi connectivity index (χ1v) is 14.0. The number of rotatable bonds is 5. The number of nitrogens with one attached hydrogen (secondary N) is 1. The fraction of sp³-hybridized carbons (Fsp3) is 0.364. The predicted octanol–water partition coefficient (Wildman–Crippen LogP) is 6.21. The van der Waals surface area contributed by atoms with Gasteiger partial charge in [-0.15, -0.1) is 0 Å². The zero-order valence-corrected chi connectivity index (χ0v) is 23.0. The Morgan fingerprint density at radius 1 is 0.872 bits per heavy atom. The number of likely N-dealkylation sites (tertiary alicyclic amines) is 1. The van der Waals surface area contributed by atoms with Crippen LogP contribution in [-0.4, -0.2) is 41.8 Å². The van der Waals surface area contributed by atoms with Crippen LogP contribution in [0.3, 0.4) is 0 Å². The average molecular weight is 524 g/mol. The van der Waals surface area contributed by atoms with Crippen LogP contribution in [0.5, 0.6) is 0 Å². The Hall–Kier alpha value is -3.93. The maximum atomic E-state index is 13.8. The molecule has 2 aliphatic heterocycles. The summed E-state index contributed by atoms with van der Waals surface area (Å²) in [5.74, 6) is 0.264. The van der Waals surface area contributed by atoms with Crippen molar-refractivity contribution >= 4 is 29.1 Å². The number of anilines is 2. The molecular weight excluding hydrogens is 486 g/mol. The number of piperidine rings is 1. The number of hydrogen-bond donors (Lipinski definition) is 1. The molecule has 0 saturated carbocycles. The third-order valence-electron chi connectivity index (χ3n) is 8.48. The molecule has 6 nitrogen and oxygen atoms in total. The molecule has 0 aromatic heterocycles. The molecular formula is C33H37N3O3. The van der Waals surface area contributed by atoms with E-state index in [1.807, 2.05) is 77.4 Å². The van der Waals surface area contributed by atoms with Crippen molar-refractivity contribution in [2.75, 3.05) is 23.3 Å². The highest BCUT2D eigenvalue weighted by Gasteiger charge is 2.38. The van der Waals surface area contributed by atoms with Crippen LogP contribution in [0.2, 0.25) is 0 Å². The van der Waals surface area contributed by atoms with Crippen LogP contribution < -0.4 is 10.2 Å². The van der Waals surface area contributed by atoms with Crippen molar-refractivity contribution in [2.45, 2.75) is 57.9 Å². The quantitative estimate of drug-likeness (QED) is 0.432. The summed E-state index contributed by atoms with van der Waals surface area (Å²) < 4.78 is 0. The molecule has 39 heavy (non-hydrogen) atoms. The van der Waals surface area contributed by atoms with Gasteiger partial charge in [-0.05, 0) is 79.5 Å². The van der Waals surface area contributed by atoms with Crippen molar-refractivity contribution in [3.05, 3.63) is 95.6 Å². The fourth-order valence-electron chi connectivity index (χ4n) is 6.17. The summed E-state index contributed by atoms with van der Waals surface area (Å²) in [6, 6.07) is 25.5. The molecule has 3 aromatic carbocycles. The van der Waals surface area contributed by atoms with Crippen molar-refractivity contribution in [3.8, 4) is 0 Å². The van der Waals surface area contributed by atoms with E-state index in [-0.39, 0.29) is 35.6 Å². The van der Waals surface area contributed by atoms with E-state index in [4.69, 9.17) is 0 Å². The molecule has 3 amide bonds. The van der Waals surface area contributed by atoms with Gasteiger partial charge in [0.2, 0.25) is 11.8 Å². The Kier molecular flexibility index (Phi) is 7.82. The first kappa shape index (κ1) is 26.7. The predicted molar refractivity (Wildman–Crippen MR) is 155 cm³/mol. The number of nitrogens with zero attached hydrogens (tertiary/aromatic N) is 2. The van der Waals surface area contributed by atoms with Crippen LogP contribution in [0, 0.1) is 5.92 Å². The zero-order valence-electron chi connectivity index (χ0n) is 23.0. The van der Waals surface area contributed by atoms with Crippen molar-refractivity contribution in [2.24, 2.45) is 5.92 Å². The average Bonchev–Trinajstić information content (AvgIpc) is 2.96. The summed E-state index contributed by atoms with van der Waals surface area (Å²) in [5, 5.41) is 3.05. The van der Waals surface area contributed by atoms with E-state index in [2.05, 4.69) is 30.4 Å². The molecule has 2 heterocycles. The smallest absolute Gasteiger partial charge is 0.258 e. The first-order valence-electron chi connectivity index (χ1n) is 14.0. The van der Waals surface area contributed by atoms with Gasteiger partial charge in [0.1, 0.15) is 0 Å². The van der Waals surface area contributed by atoms with Gasteiger partial charge in [0.15, 0.2) is 0 Å². The molecule has 1 N–H and O–H groups in total. The van der Waals surface area contributed by atoms with Crippen molar-refractivity contribution < 1.29 is 14.4 Å². The van der Waals surface area contributed by atoms with Crippen LogP contribution in [0.25, 0.3) is 0 Å². The van der Waals surface area contributed by atoms with E-state index < -0.39 is 0 Å².